The number of carbonyl (C=O) groups is 1. The van der Waals surface area contributed by atoms with Crippen molar-refractivity contribution in [1.82, 2.24) is 5.32 Å². The van der Waals surface area contributed by atoms with Crippen LogP contribution in [0.25, 0.3) is 0 Å². The largest absolute Gasteiger partial charge is 0.388 e. The molecule has 0 saturated heterocycles. The maximum Gasteiger partial charge on any atom is 0.252 e. The number of benzene rings is 1. The Kier molecular flexibility index (Phi) is 7.23. The maximum absolute atomic E-state index is 12.2. The monoisotopic (exact) mass is 308 g/mol. The molecule has 1 aromatic carbocycles. The van der Waals surface area contributed by atoms with Gasteiger partial charge >= 0.3 is 0 Å². The van der Waals surface area contributed by atoms with E-state index in [4.69, 9.17) is 10.00 Å². The Bertz CT molecular complexity index is 512. The van der Waals surface area contributed by atoms with Crippen molar-refractivity contribution < 1.29 is 14.6 Å². The fourth-order valence-corrected chi connectivity index (χ4v) is 2.38. The first-order valence-corrected chi connectivity index (χ1v) is 7.57. The molecule has 1 aromatic rings. The number of nitrogens with zero attached hydrogens (tertiary/aromatic N) is 1. The minimum Gasteiger partial charge on any atom is -0.388 e. The molecule has 0 fully saturated rings. The quantitative estimate of drug-likeness (QED) is 0.716. The summed E-state index contributed by atoms with van der Waals surface area (Å²) in [5.74, 6) is 0.0317. The molecule has 0 aliphatic rings. The fourth-order valence-electron chi connectivity index (χ4n) is 1.67. The molecule has 114 valence electrons. The predicted octanol–water partition coefficient (Wildman–Crippen LogP) is 1.82. The Labute approximate surface area is 129 Å². The number of ether oxygens (including phenoxy) is 1. The molecule has 0 spiro atoms. The van der Waals surface area contributed by atoms with Crippen molar-refractivity contribution in [2.24, 2.45) is 0 Å². The van der Waals surface area contributed by atoms with Gasteiger partial charge in [0, 0.05) is 31.6 Å². The average molecular weight is 308 g/mol. The van der Waals surface area contributed by atoms with Crippen LogP contribution in [0.15, 0.2) is 29.2 Å². The fraction of sp³-hybridized carbons (Fsp3) is 0.467. The molecule has 0 radical (unpaired) electrons. The lowest BCUT2D eigenvalue weighted by Crippen LogP contribution is -2.41. The molecule has 21 heavy (non-hydrogen) atoms. The van der Waals surface area contributed by atoms with Gasteiger partial charge in [0.1, 0.15) is 0 Å². The lowest BCUT2D eigenvalue weighted by molar-refractivity contribution is 0.0243. The summed E-state index contributed by atoms with van der Waals surface area (Å²) in [5, 5.41) is 21.5. The van der Waals surface area contributed by atoms with Crippen LogP contribution in [0, 0.1) is 11.3 Å². The number of carbonyl (C=O) groups excluding carboxylic acids is 1. The van der Waals surface area contributed by atoms with Gasteiger partial charge in [-0.1, -0.05) is 12.1 Å². The molecule has 0 heterocycles. The van der Waals surface area contributed by atoms with Crippen LogP contribution in [0.5, 0.6) is 0 Å². The first-order valence-electron chi connectivity index (χ1n) is 6.58. The highest BCUT2D eigenvalue weighted by Crippen LogP contribution is 2.22. The van der Waals surface area contributed by atoms with Crippen molar-refractivity contribution >= 4 is 17.7 Å². The highest BCUT2D eigenvalue weighted by molar-refractivity contribution is 7.99. The van der Waals surface area contributed by atoms with Gasteiger partial charge in [0.25, 0.3) is 5.91 Å². The van der Waals surface area contributed by atoms with Crippen LogP contribution < -0.4 is 5.32 Å². The molecule has 1 rings (SSSR count). The molecule has 2 N–H and O–H groups in total. The number of aliphatic hydroxyl groups is 1. The van der Waals surface area contributed by atoms with Crippen molar-refractivity contribution in [3.05, 3.63) is 29.8 Å². The molecule has 6 heteroatoms. The molecule has 0 aliphatic heterocycles. The second kappa shape index (κ2) is 8.67. The van der Waals surface area contributed by atoms with Crippen molar-refractivity contribution in [1.29, 1.82) is 5.26 Å². The lowest BCUT2D eigenvalue weighted by atomic mass is 10.0. The second-order valence-corrected chi connectivity index (χ2v) is 5.88. The van der Waals surface area contributed by atoms with Gasteiger partial charge in [-0.05, 0) is 19.1 Å². The lowest BCUT2D eigenvalue weighted by Gasteiger charge is -2.23. The van der Waals surface area contributed by atoms with E-state index in [1.165, 1.54) is 11.8 Å². The summed E-state index contributed by atoms with van der Waals surface area (Å²) in [5.41, 5.74) is -0.499. The van der Waals surface area contributed by atoms with Gasteiger partial charge in [0.05, 0.1) is 23.0 Å². The van der Waals surface area contributed by atoms with E-state index in [-0.39, 0.29) is 18.2 Å². The molecule has 0 saturated carbocycles. The van der Waals surface area contributed by atoms with E-state index < -0.39 is 5.60 Å². The van der Waals surface area contributed by atoms with Gasteiger partial charge in [0.2, 0.25) is 0 Å². The van der Waals surface area contributed by atoms with Crippen molar-refractivity contribution in [3.63, 3.8) is 0 Å². The van der Waals surface area contributed by atoms with Crippen LogP contribution in [0.2, 0.25) is 0 Å². The summed E-state index contributed by atoms with van der Waals surface area (Å²) in [6.45, 7) is 2.23. The summed E-state index contributed by atoms with van der Waals surface area (Å²) in [4.78, 5) is 13.0. The first kappa shape index (κ1) is 17.5. The molecule has 1 atom stereocenters. The number of hydrogen-bond acceptors (Lipinski definition) is 5. The Morgan fingerprint density at radius 1 is 1.52 bits per heavy atom. The SMILES string of the molecule is COCCC(C)(O)CNC(=O)c1ccccc1SCC#N. The number of hydrogen-bond donors (Lipinski definition) is 2. The van der Waals surface area contributed by atoms with Crippen molar-refractivity contribution in [2.75, 3.05) is 26.0 Å². The number of nitrogens with one attached hydrogen (secondary N) is 1. The molecule has 0 aromatic heterocycles. The van der Waals surface area contributed by atoms with Gasteiger partial charge in [-0.3, -0.25) is 4.79 Å². The van der Waals surface area contributed by atoms with E-state index in [9.17, 15) is 9.90 Å². The third-order valence-corrected chi connectivity index (χ3v) is 3.84. The van der Waals surface area contributed by atoms with E-state index >= 15 is 0 Å². The summed E-state index contributed by atoms with van der Waals surface area (Å²) in [7, 11) is 1.57. The molecule has 1 unspecified atom stereocenters. The minimum absolute atomic E-state index is 0.145. The molecular weight excluding hydrogens is 288 g/mol. The van der Waals surface area contributed by atoms with E-state index in [0.717, 1.165) is 4.90 Å². The standard InChI is InChI=1S/C15H20N2O3S/c1-15(19,7-9-20-2)11-17-14(18)12-5-3-4-6-13(12)21-10-8-16/h3-6,19H,7,9-11H2,1-2H3,(H,17,18). The number of rotatable bonds is 8. The highest BCUT2D eigenvalue weighted by atomic mass is 32.2. The number of thioether (sulfide) groups is 1. The average Bonchev–Trinajstić information content (AvgIpc) is 2.49. The van der Waals surface area contributed by atoms with Gasteiger partial charge in [-0.15, -0.1) is 11.8 Å². The van der Waals surface area contributed by atoms with Gasteiger partial charge < -0.3 is 15.2 Å². The molecule has 0 aliphatic carbocycles. The Morgan fingerprint density at radius 3 is 2.90 bits per heavy atom. The zero-order chi connectivity index (χ0) is 15.7. The second-order valence-electron chi connectivity index (χ2n) is 4.87. The van der Waals surface area contributed by atoms with Crippen molar-refractivity contribution in [2.45, 2.75) is 23.8 Å². The topological polar surface area (TPSA) is 82.3 Å². The van der Waals surface area contributed by atoms with Gasteiger partial charge in [0.15, 0.2) is 0 Å². The molecule has 5 nitrogen and oxygen atoms in total. The zero-order valence-corrected chi connectivity index (χ0v) is 13.1. The smallest absolute Gasteiger partial charge is 0.252 e. The Morgan fingerprint density at radius 2 is 2.24 bits per heavy atom. The zero-order valence-electron chi connectivity index (χ0n) is 12.3. The number of methoxy groups -OCH3 is 1. The normalized spacial score (nSPS) is 13.2. The van der Waals surface area contributed by atoms with E-state index in [0.29, 0.717) is 18.6 Å². The molecular formula is C15H20N2O3S. The Hall–Kier alpha value is -1.55. The van der Waals surface area contributed by atoms with Gasteiger partial charge in [-0.25, -0.2) is 0 Å². The summed E-state index contributed by atoms with van der Waals surface area (Å²) >= 11 is 1.32. The minimum atomic E-state index is -1.01. The number of amides is 1. The maximum atomic E-state index is 12.2. The third-order valence-electron chi connectivity index (χ3n) is 2.90. The van der Waals surface area contributed by atoms with E-state index in [2.05, 4.69) is 5.32 Å². The molecule has 0 bridgehead atoms. The van der Waals surface area contributed by atoms with Crippen LogP contribution in [-0.4, -0.2) is 42.6 Å². The summed E-state index contributed by atoms with van der Waals surface area (Å²) in [6.07, 6.45) is 0.439. The third kappa shape index (κ3) is 6.17. The van der Waals surface area contributed by atoms with Crippen LogP contribution in [0.3, 0.4) is 0 Å². The highest BCUT2D eigenvalue weighted by Gasteiger charge is 2.21. The van der Waals surface area contributed by atoms with Crippen LogP contribution in [0.1, 0.15) is 23.7 Å². The van der Waals surface area contributed by atoms with E-state index in [1.807, 2.05) is 12.1 Å². The predicted molar refractivity (Wildman–Crippen MR) is 82.2 cm³/mol. The Balaban J connectivity index is 2.65. The summed E-state index contributed by atoms with van der Waals surface area (Å²) in [6, 6.07) is 9.15. The van der Waals surface area contributed by atoms with Crippen LogP contribution in [0.4, 0.5) is 0 Å². The van der Waals surface area contributed by atoms with Crippen LogP contribution in [-0.2, 0) is 4.74 Å². The number of nitriles is 1. The van der Waals surface area contributed by atoms with Crippen LogP contribution >= 0.6 is 11.8 Å². The van der Waals surface area contributed by atoms with E-state index in [1.54, 1.807) is 32.2 Å². The molecule has 1 amide bonds. The van der Waals surface area contributed by atoms with Gasteiger partial charge in [-0.2, -0.15) is 5.26 Å². The first-order chi connectivity index (χ1) is 10.00. The summed E-state index contributed by atoms with van der Waals surface area (Å²) < 4.78 is 4.93. The van der Waals surface area contributed by atoms with Crippen molar-refractivity contribution in [3.8, 4) is 6.07 Å².